The number of rotatable bonds is 2. The van der Waals surface area contributed by atoms with Crippen molar-refractivity contribution in [2.24, 2.45) is 0 Å². The Morgan fingerprint density at radius 1 is 1.38 bits per heavy atom. The van der Waals surface area contributed by atoms with Gasteiger partial charge >= 0.3 is 12.1 Å². The normalized spacial score (nSPS) is 18.9. The van der Waals surface area contributed by atoms with E-state index in [1.54, 1.807) is 6.92 Å². The lowest BCUT2D eigenvalue weighted by molar-refractivity contribution is -0.186. The number of carbonyl (C=O) groups excluding carboxylic acids is 2. The number of alkyl halides is 3. The summed E-state index contributed by atoms with van der Waals surface area (Å²) in [6, 6.07) is -1.09. The van der Waals surface area contributed by atoms with E-state index in [1.807, 2.05) is 6.92 Å². The van der Waals surface area contributed by atoms with E-state index in [2.05, 4.69) is 10.3 Å². The van der Waals surface area contributed by atoms with E-state index in [4.69, 9.17) is 0 Å². The van der Waals surface area contributed by atoms with Gasteiger partial charge in [0.15, 0.2) is 5.13 Å². The van der Waals surface area contributed by atoms with Crippen molar-refractivity contribution >= 4 is 28.3 Å². The Morgan fingerprint density at radius 2 is 2.05 bits per heavy atom. The van der Waals surface area contributed by atoms with Crippen LogP contribution in [-0.4, -0.2) is 40.5 Å². The molecule has 2 amide bonds. The monoisotopic (exact) mass is 321 g/mol. The molecule has 9 heteroatoms. The summed E-state index contributed by atoms with van der Waals surface area (Å²) < 4.78 is 37.5. The number of thiazole rings is 1. The molecule has 1 saturated heterocycles. The Hall–Kier alpha value is -1.64. The topological polar surface area (TPSA) is 62.3 Å². The van der Waals surface area contributed by atoms with Crippen LogP contribution in [0.1, 0.15) is 23.4 Å². The van der Waals surface area contributed by atoms with E-state index < -0.39 is 24.0 Å². The second-order valence-corrected chi connectivity index (χ2v) is 6.01. The third-order valence-corrected chi connectivity index (χ3v) is 4.31. The molecule has 1 aliphatic heterocycles. The van der Waals surface area contributed by atoms with Crippen LogP contribution in [0.5, 0.6) is 0 Å². The van der Waals surface area contributed by atoms with Crippen LogP contribution in [0.15, 0.2) is 0 Å². The number of aromatic nitrogens is 1. The number of likely N-dealkylation sites (tertiary alicyclic amines) is 1. The van der Waals surface area contributed by atoms with E-state index in [-0.39, 0.29) is 13.0 Å². The van der Waals surface area contributed by atoms with Gasteiger partial charge in [0.05, 0.1) is 5.69 Å². The molecule has 1 aromatic rings. The molecule has 116 valence electrons. The molecule has 1 fully saturated rings. The minimum Gasteiger partial charge on any atom is -0.323 e. The van der Waals surface area contributed by atoms with Crippen LogP contribution in [0.4, 0.5) is 18.3 Å². The lowest BCUT2D eigenvalue weighted by Crippen LogP contribution is -2.48. The summed E-state index contributed by atoms with van der Waals surface area (Å²) in [7, 11) is 0. The molecule has 1 aromatic heterocycles. The summed E-state index contributed by atoms with van der Waals surface area (Å²) in [4.78, 5) is 29.0. The average Bonchev–Trinajstić information content (AvgIpc) is 2.95. The number of hydrogen-bond acceptors (Lipinski definition) is 4. The maximum Gasteiger partial charge on any atom is 0.471 e. The third-order valence-electron chi connectivity index (χ3n) is 3.32. The first-order valence-electron chi connectivity index (χ1n) is 6.33. The summed E-state index contributed by atoms with van der Waals surface area (Å²) >= 11 is 1.25. The van der Waals surface area contributed by atoms with E-state index >= 15 is 0 Å². The van der Waals surface area contributed by atoms with Gasteiger partial charge in [-0.25, -0.2) is 4.98 Å². The summed E-state index contributed by atoms with van der Waals surface area (Å²) in [6.45, 7) is 3.54. The van der Waals surface area contributed by atoms with Crippen LogP contribution in [0.3, 0.4) is 0 Å². The number of aryl methyl sites for hydroxylation is 2. The molecule has 1 unspecified atom stereocenters. The maximum atomic E-state index is 12.5. The second kappa shape index (κ2) is 5.63. The quantitative estimate of drug-likeness (QED) is 0.909. The molecule has 0 spiro atoms. The Labute approximate surface area is 123 Å². The molecule has 1 N–H and O–H groups in total. The summed E-state index contributed by atoms with van der Waals surface area (Å²) in [5.41, 5.74) is 0.755. The molecular formula is C12H14F3N3O2S. The molecule has 5 nitrogen and oxygen atoms in total. The molecule has 1 atom stereocenters. The minimum absolute atomic E-state index is 0.0631. The van der Waals surface area contributed by atoms with Gasteiger partial charge < -0.3 is 10.2 Å². The largest absolute Gasteiger partial charge is 0.471 e. The van der Waals surface area contributed by atoms with Crippen molar-refractivity contribution < 1.29 is 22.8 Å². The van der Waals surface area contributed by atoms with E-state index in [1.165, 1.54) is 11.3 Å². The van der Waals surface area contributed by atoms with Crippen molar-refractivity contribution in [3.8, 4) is 0 Å². The van der Waals surface area contributed by atoms with Gasteiger partial charge in [0.25, 0.3) is 0 Å². The molecule has 2 rings (SSSR count). The van der Waals surface area contributed by atoms with Crippen molar-refractivity contribution in [1.82, 2.24) is 9.88 Å². The minimum atomic E-state index is -4.96. The van der Waals surface area contributed by atoms with Crippen LogP contribution in [0.2, 0.25) is 0 Å². The molecule has 1 aliphatic rings. The summed E-state index contributed by atoms with van der Waals surface area (Å²) in [5, 5.41) is 2.82. The fraction of sp³-hybridized carbons (Fsp3) is 0.583. The van der Waals surface area contributed by atoms with Crippen LogP contribution >= 0.6 is 11.3 Å². The zero-order valence-corrected chi connectivity index (χ0v) is 12.3. The van der Waals surface area contributed by atoms with Crippen molar-refractivity contribution in [3.05, 3.63) is 10.6 Å². The third kappa shape index (κ3) is 3.34. The Balaban J connectivity index is 2.09. The standard InChI is InChI=1S/C12H14F3N3O2S/c1-6-7(2)21-11(16-6)17-9(19)8-4-3-5-18(8)10(20)12(13,14)15/h8H,3-5H2,1-2H3,(H,16,17,19). The second-order valence-electron chi connectivity index (χ2n) is 4.80. The molecule has 2 heterocycles. The predicted octanol–water partition coefficient (Wildman–Crippen LogP) is 2.25. The van der Waals surface area contributed by atoms with Gasteiger partial charge in [-0.05, 0) is 26.7 Å². The number of anilines is 1. The molecule has 21 heavy (non-hydrogen) atoms. The van der Waals surface area contributed by atoms with Gasteiger partial charge in [0, 0.05) is 11.4 Å². The Kier molecular flexibility index (Phi) is 4.22. The Morgan fingerprint density at radius 3 is 2.57 bits per heavy atom. The highest BCUT2D eigenvalue weighted by Crippen LogP contribution is 2.27. The molecule has 0 saturated carbocycles. The van der Waals surface area contributed by atoms with Crippen molar-refractivity contribution in [2.75, 3.05) is 11.9 Å². The summed E-state index contributed by atoms with van der Waals surface area (Å²) in [5.74, 6) is -2.59. The molecule has 0 bridgehead atoms. The van der Waals surface area contributed by atoms with Gasteiger partial charge in [-0.2, -0.15) is 13.2 Å². The first kappa shape index (κ1) is 15.7. The van der Waals surface area contributed by atoms with Gasteiger partial charge in [0.2, 0.25) is 5.91 Å². The van der Waals surface area contributed by atoms with Gasteiger partial charge in [-0.1, -0.05) is 0 Å². The number of nitrogens with zero attached hydrogens (tertiary/aromatic N) is 2. The van der Waals surface area contributed by atoms with Crippen molar-refractivity contribution in [3.63, 3.8) is 0 Å². The fourth-order valence-electron chi connectivity index (χ4n) is 2.16. The van der Waals surface area contributed by atoms with Crippen molar-refractivity contribution in [2.45, 2.75) is 38.9 Å². The first-order chi connectivity index (χ1) is 9.70. The predicted molar refractivity (Wildman–Crippen MR) is 71.0 cm³/mol. The lowest BCUT2D eigenvalue weighted by Gasteiger charge is -2.24. The number of halogens is 3. The zero-order valence-electron chi connectivity index (χ0n) is 11.5. The number of amides is 2. The zero-order chi connectivity index (χ0) is 15.8. The number of hydrogen-bond donors (Lipinski definition) is 1. The first-order valence-corrected chi connectivity index (χ1v) is 7.14. The van der Waals surface area contributed by atoms with Gasteiger partial charge in [-0.3, -0.25) is 9.59 Å². The average molecular weight is 321 g/mol. The maximum absolute atomic E-state index is 12.5. The lowest BCUT2D eigenvalue weighted by atomic mass is 10.2. The highest BCUT2D eigenvalue weighted by molar-refractivity contribution is 7.15. The van der Waals surface area contributed by atoms with Crippen LogP contribution in [-0.2, 0) is 9.59 Å². The highest BCUT2D eigenvalue weighted by atomic mass is 32.1. The smallest absolute Gasteiger partial charge is 0.323 e. The molecular weight excluding hydrogens is 307 g/mol. The SMILES string of the molecule is Cc1nc(NC(=O)C2CCCN2C(=O)C(F)(F)F)sc1C. The summed E-state index contributed by atoms with van der Waals surface area (Å²) in [6.07, 6.45) is -4.37. The number of carbonyl (C=O) groups is 2. The molecule has 0 aromatic carbocycles. The van der Waals surface area contributed by atoms with Gasteiger partial charge in [0.1, 0.15) is 6.04 Å². The van der Waals surface area contributed by atoms with Crippen LogP contribution < -0.4 is 5.32 Å². The van der Waals surface area contributed by atoms with Gasteiger partial charge in [-0.15, -0.1) is 11.3 Å². The van der Waals surface area contributed by atoms with E-state index in [0.29, 0.717) is 16.5 Å². The highest BCUT2D eigenvalue weighted by Gasteiger charge is 2.47. The fourth-order valence-corrected chi connectivity index (χ4v) is 2.98. The number of nitrogens with one attached hydrogen (secondary N) is 1. The van der Waals surface area contributed by atoms with E-state index in [0.717, 1.165) is 10.6 Å². The van der Waals surface area contributed by atoms with Crippen molar-refractivity contribution in [1.29, 1.82) is 0 Å². The molecule has 0 radical (unpaired) electrons. The Bertz CT molecular complexity index is 551. The van der Waals surface area contributed by atoms with E-state index in [9.17, 15) is 22.8 Å². The van der Waals surface area contributed by atoms with Crippen LogP contribution in [0.25, 0.3) is 0 Å². The molecule has 0 aliphatic carbocycles. The van der Waals surface area contributed by atoms with Crippen LogP contribution in [0, 0.1) is 13.8 Å².